The Hall–Kier alpha value is -4.01. The number of carbonyl (C=O) groups excluding carboxylic acids is 1. The van der Waals surface area contributed by atoms with Gasteiger partial charge >= 0.3 is 0 Å². The van der Waals surface area contributed by atoms with Crippen molar-refractivity contribution in [3.63, 3.8) is 0 Å². The minimum absolute atomic E-state index is 0.00473. The van der Waals surface area contributed by atoms with Gasteiger partial charge in [0.05, 0.1) is 19.3 Å². The minimum atomic E-state index is -0.00473. The van der Waals surface area contributed by atoms with Gasteiger partial charge in [0.2, 0.25) is 5.82 Å². The third-order valence-electron chi connectivity index (χ3n) is 5.35. The summed E-state index contributed by atoms with van der Waals surface area (Å²) < 4.78 is 12.3. The molecule has 0 bridgehead atoms. The van der Waals surface area contributed by atoms with Crippen molar-refractivity contribution in [1.29, 1.82) is 0 Å². The summed E-state index contributed by atoms with van der Waals surface area (Å²) in [6.07, 6.45) is 2.58. The molecule has 156 valence electrons. The van der Waals surface area contributed by atoms with Gasteiger partial charge in [-0.2, -0.15) is 4.98 Å². The van der Waals surface area contributed by atoms with Gasteiger partial charge in [-0.15, -0.1) is 5.10 Å². The molecule has 2 aromatic carbocycles. The second kappa shape index (κ2) is 8.02. The van der Waals surface area contributed by atoms with E-state index in [9.17, 15) is 4.79 Å². The van der Waals surface area contributed by atoms with Crippen LogP contribution in [0.3, 0.4) is 0 Å². The maximum atomic E-state index is 12.8. The average Bonchev–Trinajstić information content (AvgIpc) is 3.59. The van der Waals surface area contributed by atoms with Gasteiger partial charge in [-0.05, 0) is 30.7 Å². The lowest BCUT2D eigenvalue weighted by Gasteiger charge is -2.16. The molecule has 1 saturated heterocycles. The highest BCUT2D eigenvalue weighted by atomic mass is 16.5. The Labute approximate surface area is 178 Å². The van der Waals surface area contributed by atoms with E-state index in [0.29, 0.717) is 36.1 Å². The zero-order valence-electron chi connectivity index (χ0n) is 16.9. The number of rotatable bonds is 5. The van der Waals surface area contributed by atoms with E-state index >= 15 is 0 Å². The van der Waals surface area contributed by atoms with Crippen LogP contribution in [0.2, 0.25) is 0 Å². The molecular formula is C22H20N6O3. The van der Waals surface area contributed by atoms with Gasteiger partial charge in [-0.25, -0.2) is 4.68 Å². The topological polar surface area (TPSA) is 99.2 Å². The maximum Gasteiger partial charge on any atom is 0.280 e. The summed E-state index contributed by atoms with van der Waals surface area (Å²) in [5.41, 5.74) is 2.02. The molecule has 5 rings (SSSR count). The van der Waals surface area contributed by atoms with Crippen molar-refractivity contribution in [2.24, 2.45) is 0 Å². The predicted octanol–water partition coefficient (Wildman–Crippen LogP) is 3.09. The molecule has 0 N–H and O–H groups in total. The first-order chi connectivity index (χ1) is 15.2. The quantitative estimate of drug-likeness (QED) is 0.493. The summed E-state index contributed by atoms with van der Waals surface area (Å²) in [6, 6.07) is 16.8. The van der Waals surface area contributed by atoms with Crippen molar-refractivity contribution < 1.29 is 14.1 Å². The highest BCUT2D eigenvalue weighted by molar-refractivity contribution is 5.94. The molecule has 1 atom stereocenters. The number of likely N-dealkylation sites (tertiary alicyclic amines) is 1. The Bertz CT molecular complexity index is 1190. The van der Waals surface area contributed by atoms with Crippen LogP contribution in [0.4, 0.5) is 0 Å². The summed E-state index contributed by atoms with van der Waals surface area (Å²) in [6.45, 7) is 1.22. The summed E-state index contributed by atoms with van der Waals surface area (Å²) in [5, 5.41) is 12.4. The van der Waals surface area contributed by atoms with E-state index in [-0.39, 0.29) is 11.9 Å². The molecule has 9 nitrogen and oxygen atoms in total. The van der Waals surface area contributed by atoms with Gasteiger partial charge in [0, 0.05) is 24.2 Å². The molecule has 1 aliphatic rings. The molecule has 1 aliphatic heterocycles. The van der Waals surface area contributed by atoms with Crippen LogP contribution in [-0.4, -0.2) is 56.1 Å². The maximum absolute atomic E-state index is 12.8. The Morgan fingerprint density at radius 2 is 1.94 bits per heavy atom. The molecule has 0 saturated carbocycles. The van der Waals surface area contributed by atoms with Crippen molar-refractivity contribution in [2.75, 3.05) is 20.2 Å². The zero-order chi connectivity index (χ0) is 21.2. The van der Waals surface area contributed by atoms with Crippen LogP contribution in [0.15, 0.2) is 65.3 Å². The lowest BCUT2D eigenvalue weighted by atomic mass is 10.2. The smallest absolute Gasteiger partial charge is 0.280 e. The van der Waals surface area contributed by atoms with E-state index in [1.54, 1.807) is 42.3 Å². The van der Waals surface area contributed by atoms with Crippen LogP contribution in [0.25, 0.3) is 23.0 Å². The molecule has 0 spiro atoms. The summed E-state index contributed by atoms with van der Waals surface area (Å²) >= 11 is 0. The third-order valence-corrected chi connectivity index (χ3v) is 5.35. The fourth-order valence-corrected chi connectivity index (χ4v) is 3.64. The zero-order valence-corrected chi connectivity index (χ0v) is 16.9. The van der Waals surface area contributed by atoms with E-state index in [1.807, 2.05) is 35.2 Å². The van der Waals surface area contributed by atoms with Crippen LogP contribution >= 0.6 is 0 Å². The lowest BCUT2D eigenvalue weighted by Crippen LogP contribution is -2.29. The molecule has 1 amide bonds. The van der Waals surface area contributed by atoms with Crippen molar-refractivity contribution in [1.82, 2.24) is 30.0 Å². The number of carbonyl (C=O) groups is 1. The second-order valence-electron chi connectivity index (χ2n) is 7.30. The summed E-state index contributed by atoms with van der Waals surface area (Å²) in [7, 11) is 1.60. The average molecular weight is 416 g/mol. The Morgan fingerprint density at radius 3 is 2.71 bits per heavy atom. The van der Waals surface area contributed by atoms with Crippen molar-refractivity contribution in [2.45, 2.75) is 12.5 Å². The van der Waals surface area contributed by atoms with E-state index in [2.05, 4.69) is 20.5 Å². The SMILES string of the molecule is COc1ccc(C(=O)N2CC[C@H](n3cc(-c4nc(-c5ccccc5)no4)nn3)C2)cc1. The van der Waals surface area contributed by atoms with Crippen molar-refractivity contribution in [3.8, 4) is 28.7 Å². The third kappa shape index (κ3) is 3.77. The van der Waals surface area contributed by atoms with Crippen LogP contribution in [0, 0.1) is 0 Å². The highest BCUT2D eigenvalue weighted by Crippen LogP contribution is 2.26. The molecule has 4 aromatic rings. The first-order valence-electron chi connectivity index (χ1n) is 9.96. The van der Waals surface area contributed by atoms with Gasteiger partial charge in [0.15, 0.2) is 5.69 Å². The second-order valence-corrected chi connectivity index (χ2v) is 7.30. The molecule has 31 heavy (non-hydrogen) atoms. The molecular weight excluding hydrogens is 396 g/mol. The Balaban J connectivity index is 1.27. The molecule has 2 aromatic heterocycles. The molecule has 9 heteroatoms. The molecule has 1 fully saturated rings. The van der Waals surface area contributed by atoms with E-state index in [1.165, 1.54) is 0 Å². The van der Waals surface area contributed by atoms with Crippen LogP contribution in [0.5, 0.6) is 5.75 Å². The Kier molecular flexibility index (Phi) is 4.91. The number of hydrogen-bond donors (Lipinski definition) is 0. The molecule has 0 unspecified atom stereocenters. The monoisotopic (exact) mass is 416 g/mol. The van der Waals surface area contributed by atoms with Gasteiger partial charge < -0.3 is 14.2 Å². The fourth-order valence-electron chi connectivity index (χ4n) is 3.64. The number of nitrogens with zero attached hydrogens (tertiary/aromatic N) is 6. The van der Waals surface area contributed by atoms with Crippen LogP contribution in [-0.2, 0) is 0 Å². The molecule has 0 aliphatic carbocycles. The fraction of sp³-hybridized carbons (Fsp3) is 0.227. The number of hydrogen-bond acceptors (Lipinski definition) is 7. The van der Waals surface area contributed by atoms with E-state index in [0.717, 1.165) is 17.7 Å². The molecule has 0 radical (unpaired) electrons. The number of aromatic nitrogens is 5. The van der Waals surface area contributed by atoms with Crippen LogP contribution in [0.1, 0.15) is 22.8 Å². The summed E-state index contributed by atoms with van der Waals surface area (Å²) in [4.78, 5) is 19.0. The normalized spacial score (nSPS) is 15.9. The van der Waals surface area contributed by atoms with E-state index in [4.69, 9.17) is 9.26 Å². The number of methoxy groups -OCH3 is 1. The highest BCUT2D eigenvalue weighted by Gasteiger charge is 2.29. The van der Waals surface area contributed by atoms with Gasteiger partial charge in [0.1, 0.15) is 5.75 Å². The van der Waals surface area contributed by atoms with Gasteiger partial charge in [-0.3, -0.25) is 4.79 Å². The number of benzene rings is 2. The number of ether oxygens (including phenoxy) is 1. The van der Waals surface area contributed by atoms with Gasteiger partial charge in [0.25, 0.3) is 11.8 Å². The lowest BCUT2D eigenvalue weighted by molar-refractivity contribution is 0.0787. The summed E-state index contributed by atoms with van der Waals surface area (Å²) in [5.74, 6) is 1.54. The molecule has 3 heterocycles. The Morgan fingerprint density at radius 1 is 1.13 bits per heavy atom. The largest absolute Gasteiger partial charge is 0.497 e. The first kappa shape index (κ1) is 19.0. The predicted molar refractivity (Wildman–Crippen MR) is 111 cm³/mol. The standard InChI is InChI=1S/C22H20N6O3/c1-30-18-9-7-16(8-10-18)22(29)27-12-11-17(13-27)28-14-19(24-26-28)21-23-20(25-31-21)15-5-3-2-4-6-15/h2-10,14,17H,11-13H2,1H3/t17-/m0/s1. The van der Waals surface area contributed by atoms with E-state index < -0.39 is 0 Å². The minimum Gasteiger partial charge on any atom is -0.497 e. The number of amides is 1. The first-order valence-corrected chi connectivity index (χ1v) is 9.96. The van der Waals surface area contributed by atoms with Crippen LogP contribution < -0.4 is 4.74 Å². The van der Waals surface area contributed by atoms with Crippen molar-refractivity contribution >= 4 is 5.91 Å². The van der Waals surface area contributed by atoms with Crippen molar-refractivity contribution in [3.05, 3.63) is 66.4 Å². The van der Waals surface area contributed by atoms with Gasteiger partial charge in [-0.1, -0.05) is 40.7 Å².